The molecule has 6 nitrogen and oxygen atoms in total. The molecule has 3 rings (SSSR count). The van der Waals surface area contributed by atoms with Crippen LogP contribution in [-0.4, -0.2) is 36.7 Å². The third kappa shape index (κ3) is 2.85. The van der Waals surface area contributed by atoms with E-state index >= 15 is 0 Å². The van der Waals surface area contributed by atoms with Crippen molar-refractivity contribution in [3.8, 4) is 11.5 Å². The van der Waals surface area contributed by atoms with E-state index in [1.165, 1.54) is 11.5 Å². The number of nitrogens with one attached hydrogen (secondary N) is 1. The number of esters is 1. The predicted octanol–water partition coefficient (Wildman–Crippen LogP) is 2.49. The van der Waals surface area contributed by atoms with Crippen LogP contribution in [0.4, 0.5) is 5.00 Å². The predicted molar refractivity (Wildman–Crippen MR) is 83.0 cm³/mol. The second-order valence-electron chi connectivity index (χ2n) is 4.82. The standard InChI is InChI=1S/C15H16N2O4S/c1-9-13(14(16-2)22-17-9)15(18)20-8-10-7-19-11-5-3-4-6-12(11)21-10/h3-6,10,16H,7-8H2,1-2H3/t10-/m1/s1. The number of para-hydroxylation sites is 2. The molecule has 0 unspecified atom stereocenters. The third-order valence-electron chi connectivity index (χ3n) is 3.26. The van der Waals surface area contributed by atoms with E-state index in [4.69, 9.17) is 14.2 Å². The minimum absolute atomic E-state index is 0.131. The summed E-state index contributed by atoms with van der Waals surface area (Å²) >= 11 is 1.24. The summed E-state index contributed by atoms with van der Waals surface area (Å²) in [6, 6.07) is 7.43. The summed E-state index contributed by atoms with van der Waals surface area (Å²) in [5.41, 5.74) is 1.13. The van der Waals surface area contributed by atoms with Gasteiger partial charge >= 0.3 is 5.97 Å². The Bertz CT molecular complexity index is 686. The van der Waals surface area contributed by atoms with E-state index in [-0.39, 0.29) is 12.7 Å². The van der Waals surface area contributed by atoms with Gasteiger partial charge in [-0.15, -0.1) is 0 Å². The molecular weight excluding hydrogens is 304 g/mol. The molecule has 22 heavy (non-hydrogen) atoms. The first-order valence-corrected chi connectivity index (χ1v) is 7.66. The molecule has 0 amide bonds. The van der Waals surface area contributed by atoms with Gasteiger partial charge in [-0.05, 0) is 30.6 Å². The summed E-state index contributed by atoms with van der Waals surface area (Å²) in [5, 5.41) is 3.65. The van der Waals surface area contributed by atoms with Gasteiger partial charge in [0.2, 0.25) is 0 Å². The Labute approximate surface area is 132 Å². The van der Waals surface area contributed by atoms with E-state index in [2.05, 4.69) is 9.69 Å². The molecule has 1 aliphatic rings. The minimum Gasteiger partial charge on any atom is -0.486 e. The maximum Gasteiger partial charge on any atom is 0.343 e. The Hall–Kier alpha value is -2.28. The molecule has 2 heterocycles. The zero-order valence-corrected chi connectivity index (χ0v) is 13.1. The van der Waals surface area contributed by atoms with Crippen LogP contribution in [0.25, 0.3) is 0 Å². The molecule has 0 fully saturated rings. The lowest BCUT2D eigenvalue weighted by Crippen LogP contribution is -2.34. The summed E-state index contributed by atoms with van der Waals surface area (Å²) in [6.07, 6.45) is -0.316. The van der Waals surface area contributed by atoms with Gasteiger partial charge in [-0.2, -0.15) is 4.37 Å². The lowest BCUT2D eigenvalue weighted by Gasteiger charge is -2.26. The molecule has 1 N–H and O–H groups in total. The second-order valence-corrected chi connectivity index (χ2v) is 5.59. The van der Waals surface area contributed by atoms with Crippen molar-refractivity contribution in [2.24, 2.45) is 0 Å². The van der Waals surface area contributed by atoms with E-state index < -0.39 is 5.97 Å². The largest absolute Gasteiger partial charge is 0.486 e. The molecule has 0 bridgehead atoms. The zero-order chi connectivity index (χ0) is 15.5. The number of anilines is 1. The average molecular weight is 320 g/mol. The van der Waals surface area contributed by atoms with Gasteiger partial charge in [-0.25, -0.2) is 4.79 Å². The molecule has 0 radical (unpaired) electrons. The second kappa shape index (κ2) is 6.23. The van der Waals surface area contributed by atoms with E-state index in [0.29, 0.717) is 34.4 Å². The quantitative estimate of drug-likeness (QED) is 0.873. The van der Waals surface area contributed by atoms with E-state index in [1.807, 2.05) is 24.3 Å². The lowest BCUT2D eigenvalue weighted by molar-refractivity contribution is 0.0110. The number of fused-ring (bicyclic) bond motifs is 1. The molecule has 1 aromatic carbocycles. The highest BCUT2D eigenvalue weighted by Gasteiger charge is 2.24. The SMILES string of the molecule is CNc1snc(C)c1C(=O)OC[C@H]1COc2ccccc2O1. The molecule has 0 saturated heterocycles. The highest BCUT2D eigenvalue weighted by atomic mass is 32.1. The van der Waals surface area contributed by atoms with Gasteiger partial charge in [0, 0.05) is 7.05 Å². The van der Waals surface area contributed by atoms with Crippen molar-refractivity contribution in [3.05, 3.63) is 35.5 Å². The van der Waals surface area contributed by atoms with Gasteiger partial charge in [0.15, 0.2) is 17.6 Å². The fourth-order valence-corrected chi connectivity index (χ4v) is 2.90. The number of carbonyl (C=O) groups excluding carboxylic acids is 1. The van der Waals surface area contributed by atoms with Crippen LogP contribution in [0.15, 0.2) is 24.3 Å². The molecule has 7 heteroatoms. The highest BCUT2D eigenvalue weighted by Crippen LogP contribution is 2.31. The number of benzene rings is 1. The minimum atomic E-state index is -0.405. The summed E-state index contributed by atoms with van der Waals surface area (Å²) in [7, 11) is 1.75. The van der Waals surface area contributed by atoms with Crippen LogP contribution in [0.1, 0.15) is 16.1 Å². The Balaban J connectivity index is 1.62. The number of aromatic nitrogens is 1. The Morgan fingerprint density at radius 2 is 2.23 bits per heavy atom. The molecular formula is C15H16N2O4S. The van der Waals surface area contributed by atoms with Crippen molar-refractivity contribution < 1.29 is 19.0 Å². The van der Waals surface area contributed by atoms with Crippen LogP contribution in [0.2, 0.25) is 0 Å². The lowest BCUT2D eigenvalue weighted by atomic mass is 10.2. The molecule has 1 atom stereocenters. The number of aryl methyl sites for hydroxylation is 1. The van der Waals surface area contributed by atoms with Crippen molar-refractivity contribution in [1.29, 1.82) is 0 Å². The maximum atomic E-state index is 12.2. The molecule has 116 valence electrons. The first kappa shape index (κ1) is 14.6. The van der Waals surface area contributed by atoms with Gasteiger partial charge in [0.1, 0.15) is 23.8 Å². The average Bonchev–Trinajstić information content (AvgIpc) is 2.93. The Morgan fingerprint density at radius 3 is 3.00 bits per heavy atom. The first-order chi connectivity index (χ1) is 10.7. The van der Waals surface area contributed by atoms with Crippen molar-refractivity contribution in [2.75, 3.05) is 25.6 Å². The van der Waals surface area contributed by atoms with Crippen molar-refractivity contribution in [1.82, 2.24) is 4.37 Å². The summed E-state index contributed by atoms with van der Waals surface area (Å²) in [4.78, 5) is 12.2. The Kier molecular flexibility index (Phi) is 4.15. The maximum absolute atomic E-state index is 12.2. The fraction of sp³-hybridized carbons (Fsp3) is 0.333. The van der Waals surface area contributed by atoms with E-state index in [1.54, 1.807) is 14.0 Å². The van der Waals surface area contributed by atoms with Crippen molar-refractivity contribution in [3.63, 3.8) is 0 Å². The number of rotatable bonds is 4. The number of nitrogens with zero attached hydrogens (tertiary/aromatic N) is 1. The van der Waals surface area contributed by atoms with Crippen LogP contribution < -0.4 is 14.8 Å². The number of ether oxygens (including phenoxy) is 3. The topological polar surface area (TPSA) is 69.7 Å². The Morgan fingerprint density at radius 1 is 1.45 bits per heavy atom. The number of carbonyl (C=O) groups is 1. The normalized spacial score (nSPS) is 16.2. The van der Waals surface area contributed by atoms with Crippen LogP contribution in [-0.2, 0) is 4.74 Å². The third-order valence-corrected chi connectivity index (χ3v) is 4.22. The van der Waals surface area contributed by atoms with Crippen molar-refractivity contribution in [2.45, 2.75) is 13.0 Å². The number of hydrogen-bond acceptors (Lipinski definition) is 7. The highest BCUT2D eigenvalue weighted by molar-refractivity contribution is 7.10. The van der Waals surface area contributed by atoms with Crippen molar-refractivity contribution >= 4 is 22.5 Å². The van der Waals surface area contributed by atoms with Crippen LogP contribution in [0.3, 0.4) is 0 Å². The molecule has 0 spiro atoms. The molecule has 0 aliphatic carbocycles. The van der Waals surface area contributed by atoms with Gasteiger partial charge in [-0.1, -0.05) is 12.1 Å². The summed E-state index contributed by atoms with van der Waals surface area (Å²) < 4.78 is 20.8. The summed E-state index contributed by atoms with van der Waals surface area (Å²) in [6.45, 7) is 2.26. The first-order valence-electron chi connectivity index (χ1n) is 6.88. The van der Waals surface area contributed by atoms with Crippen LogP contribution in [0, 0.1) is 6.92 Å². The van der Waals surface area contributed by atoms with Crippen LogP contribution >= 0.6 is 11.5 Å². The fourth-order valence-electron chi connectivity index (χ4n) is 2.17. The van der Waals surface area contributed by atoms with Gasteiger partial charge in [-0.3, -0.25) is 0 Å². The van der Waals surface area contributed by atoms with Gasteiger partial charge in [0.25, 0.3) is 0 Å². The molecule has 1 aromatic heterocycles. The van der Waals surface area contributed by atoms with E-state index in [0.717, 1.165) is 0 Å². The van der Waals surface area contributed by atoms with Gasteiger partial charge in [0.05, 0.1) is 5.69 Å². The number of hydrogen-bond donors (Lipinski definition) is 1. The zero-order valence-electron chi connectivity index (χ0n) is 12.3. The van der Waals surface area contributed by atoms with Gasteiger partial charge < -0.3 is 19.5 Å². The molecule has 1 aliphatic heterocycles. The van der Waals surface area contributed by atoms with E-state index in [9.17, 15) is 4.79 Å². The smallest absolute Gasteiger partial charge is 0.343 e. The molecule has 2 aromatic rings. The molecule has 0 saturated carbocycles. The summed E-state index contributed by atoms with van der Waals surface area (Å²) in [5.74, 6) is 0.970. The van der Waals surface area contributed by atoms with Crippen LogP contribution in [0.5, 0.6) is 11.5 Å². The monoisotopic (exact) mass is 320 g/mol.